The molecule has 8 nitrogen and oxygen atoms in total. The van der Waals surface area contributed by atoms with Gasteiger partial charge >= 0.3 is 0 Å². The van der Waals surface area contributed by atoms with Gasteiger partial charge in [-0.05, 0) is 0 Å². The monoisotopic (exact) mass is 285 g/mol. The summed E-state index contributed by atoms with van der Waals surface area (Å²) in [5.74, 6) is -1.06. The SMILES string of the molecule is [2H]C([2H])(O)[C@H]1O[C@@H](n2cnc3c(=O)[nH]c(N)nc32)[C@H](F)[C@@H]1C. The molecule has 1 aliphatic heterocycles. The number of hydrogen-bond donors (Lipinski definition) is 3. The summed E-state index contributed by atoms with van der Waals surface area (Å²) in [5, 5.41) is 9.45. The third-order valence-corrected chi connectivity index (χ3v) is 3.39. The first-order chi connectivity index (χ1) is 10.2. The maximum atomic E-state index is 14.5. The van der Waals surface area contributed by atoms with Gasteiger partial charge in [-0.2, -0.15) is 4.98 Å². The van der Waals surface area contributed by atoms with Gasteiger partial charge in [0.15, 0.2) is 23.6 Å². The maximum Gasteiger partial charge on any atom is 0.280 e. The number of alkyl halides is 1. The van der Waals surface area contributed by atoms with Crippen LogP contribution in [0.15, 0.2) is 11.1 Å². The number of halogens is 1. The molecule has 20 heavy (non-hydrogen) atoms. The van der Waals surface area contributed by atoms with Crippen molar-refractivity contribution in [1.29, 1.82) is 0 Å². The van der Waals surface area contributed by atoms with Crippen molar-refractivity contribution in [2.24, 2.45) is 5.92 Å². The van der Waals surface area contributed by atoms with Crippen molar-refractivity contribution in [2.45, 2.75) is 25.4 Å². The van der Waals surface area contributed by atoms with Crippen LogP contribution in [0.4, 0.5) is 10.3 Å². The quantitative estimate of drug-likeness (QED) is 0.688. The Morgan fingerprint density at radius 1 is 1.75 bits per heavy atom. The summed E-state index contributed by atoms with van der Waals surface area (Å²) in [6.45, 7) is -1.27. The van der Waals surface area contributed by atoms with E-state index in [0.717, 1.165) is 0 Å². The Hall–Kier alpha value is -2.00. The second kappa shape index (κ2) is 4.53. The number of nitrogens with two attached hydrogens (primary N) is 1. The Labute approximate surface area is 115 Å². The van der Waals surface area contributed by atoms with Crippen LogP contribution in [0, 0.1) is 5.92 Å². The number of nitrogen functional groups attached to an aromatic ring is 1. The lowest BCUT2D eigenvalue weighted by Gasteiger charge is -2.15. The standard InChI is InChI=1S/C11H14FN5O3/c1-4-5(2-18)20-10(6(4)12)17-3-14-7-8(17)15-11(13)16-9(7)19/h3-6,10,18H,2H2,1H3,(H3,13,15,16,19)/t4-,5-,6-,10-/m1/s1/i2D2. The summed E-state index contributed by atoms with van der Waals surface area (Å²) >= 11 is 0. The van der Waals surface area contributed by atoms with Gasteiger partial charge < -0.3 is 15.6 Å². The molecule has 0 unspecified atom stereocenters. The van der Waals surface area contributed by atoms with E-state index < -0.39 is 36.5 Å². The minimum absolute atomic E-state index is 0.0280. The minimum atomic E-state index is -2.70. The largest absolute Gasteiger partial charge is 0.394 e. The fraction of sp³-hybridized carbons (Fsp3) is 0.545. The van der Waals surface area contributed by atoms with Gasteiger partial charge in [-0.1, -0.05) is 6.92 Å². The van der Waals surface area contributed by atoms with E-state index >= 15 is 0 Å². The lowest BCUT2D eigenvalue weighted by atomic mass is 10.0. The molecule has 108 valence electrons. The predicted octanol–water partition coefficient (Wildman–Crippen LogP) is -0.434. The van der Waals surface area contributed by atoms with Crippen molar-refractivity contribution in [1.82, 2.24) is 19.5 Å². The zero-order valence-corrected chi connectivity index (χ0v) is 10.4. The maximum absolute atomic E-state index is 14.5. The van der Waals surface area contributed by atoms with E-state index in [0.29, 0.717) is 0 Å². The predicted molar refractivity (Wildman–Crippen MR) is 67.6 cm³/mol. The number of anilines is 1. The van der Waals surface area contributed by atoms with E-state index in [1.165, 1.54) is 17.8 Å². The van der Waals surface area contributed by atoms with Gasteiger partial charge in [-0.15, -0.1) is 0 Å². The average Bonchev–Trinajstić information content (AvgIpc) is 2.92. The number of H-pyrrole nitrogens is 1. The number of aliphatic hydroxyl groups is 1. The van der Waals surface area contributed by atoms with E-state index in [4.69, 9.17) is 13.2 Å². The molecular formula is C11H14FN5O3. The van der Waals surface area contributed by atoms with E-state index in [1.54, 1.807) is 0 Å². The number of fused-ring (bicyclic) bond motifs is 1. The first kappa shape index (κ1) is 10.7. The Bertz CT molecular complexity index is 773. The van der Waals surface area contributed by atoms with Crippen molar-refractivity contribution in [3.8, 4) is 0 Å². The highest BCUT2D eigenvalue weighted by Crippen LogP contribution is 2.36. The second-order valence-corrected chi connectivity index (χ2v) is 4.66. The van der Waals surface area contributed by atoms with Gasteiger partial charge in [0.25, 0.3) is 5.56 Å². The van der Waals surface area contributed by atoms with Crippen molar-refractivity contribution in [3.63, 3.8) is 0 Å². The van der Waals surface area contributed by atoms with Crippen LogP contribution in [-0.2, 0) is 4.74 Å². The van der Waals surface area contributed by atoms with Crippen molar-refractivity contribution in [2.75, 3.05) is 12.3 Å². The lowest BCUT2D eigenvalue weighted by Crippen LogP contribution is -2.22. The number of aromatic nitrogens is 4. The number of nitrogens with one attached hydrogen (secondary N) is 1. The Kier molecular flexibility index (Phi) is 2.43. The molecular weight excluding hydrogens is 269 g/mol. The molecule has 4 N–H and O–H groups in total. The third kappa shape index (κ3) is 1.78. The Morgan fingerprint density at radius 2 is 2.50 bits per heavy atom. The highest BCUT2D eigenvalue weighted by molar-refractivity contribution is 5.70. The summed E-state index contributed by atoms with van der Waals surface area (Å²) in [4.78, 5) is 21.7. The van der Waals surface area contributed by atoms with Crippen LogP contribution in [-0.4, -0.2) is 43.5 Å². The van der Waals surface area contributed by atoms with Crippen LogP contribution in [0.5, 0.6) is 0 Å². The average molecular weight is 285 g/mol. The Balaban J connectivity index is 2.07. The van der Waals surface area contributed by atoms with Gasteiger partial charge in [-0.3, -0.25) is 14.3 Å². The van der Waals surface area contributed by atoms with Crippen molar-refractivity contribution < 1.29 is 17.0 Å². The first-order valence-electron chi connectivity index (χ1n) is 6.94. The van der Waals surface area contributed by atoms with Crippen molar-refractivity contribution in [3.05, 3.63) is 16.7 Å². The summed E-state index contributed by atoms with van der Waals surface area (Å²) in [7, 11) is 0. The van der Waals surface area contributed by atoms with E-state index in [1.807, 2.05) is 0 Å². The normalized spacial score (nSPS) is 32.4. The van der Waals surface area contributed by atoms with Gasteiger partial charge in [0, 0.05) is 5.92 Å². The fourth-order valence-electron chi connectivity index (χ4n) is 2.27. The highest BCUT2D eigenvalue weighted by atomic mass is 19.1. The molecule has 0 saturated carbocycles. The van der Waals surface area contributed by atoms with Crippen molar-refractivity contribution >= 4 is 17.1 Å². The molecule has 2 aromatic rings. The van der Waals surface area contributed by atoms with E-state index in [9.17, 15) is 14.3 Å². The third-order valence-electron chi connectivity index (χ3n) is 3.39. The molecule has 9 heteroatoms. The Morgan fingerprint density at radius 3 is 3.15 bits per heavy atom. The molecule has 1 aliphatic rings. The molecule has 0 spiro atoms. The summed E-state index contributed by atoms with van der Waals surface area (Å²) in [6, 6.07) is 0. The zero-order valence-electron chi connectivity index (χ0n) is 12.4. The van der Waals surface area contributed by atoms with Crippen LogP contribution in [0.2, 0.25) is 0 Å². The number of hydrogen-bond acceptors (Lipinski definition) is 6. The van der Waals surface area contributed by atoms with E-state index in [2.05, 4.69) is 15.0 Å². The number of ether oxygens (including phenoxy) is 1. The number of rotatable bonds is 2. The van der Waals surface area contributed by atoms with Crippen LogP contribution in [0.1, 0.15) is 15.9 Å². The summed E-state index contributed by atoms with van der Waals surface area (Å²) < 4.78 is 35.6. The zero-order chi connectivity index (χ0) is 16.2. The van der Waals surface area contributed by atoms with Crippen LogP contribution in [0.25, 0.3) is 11.2 Å². The smallest absolute Gasteiger partial charge is 0.280 e. The number of aromatic amines is 1. The lowest BCUT2D eigenvalue weighted by molar-refractivity contribution is -0.0378. The molecule has 2 aromatic heterocycles. The van der Waals surface area contributed by atoms with Crippen LogP contribution >= 0.6 is 0 Å². The van der Waals surface area contributed by atoms with Crippen LogP contribution in [0.3, 0.4) is 0 Å². The van der Waals surface area contributed by atoms with Gasteiger partial charge in [-0.25, -0.2) is 9.37 Å². The molecule has 0 bridgehead atoms. The number of imidazole rings is 1. The molecule has 3 heterocycles. The summed E-state index contributed by atoms with van der Waals surface area (Å²) in [6.07, 6.45) is -3.07. The van der Waals surface area contributed by atoms with Gasteiger partial charge in [0.05, 0.1) is 21.7 Å². The molecule has 1 saturated heterocycles. The van der Waals surface area contributed by atoms with E-state index in [-0.39, 0.29) is 17.1 Å². The molecule has 0 amide bonds. The topological polar surface area (TPSA) is 119 Å². The van der Waals surface area contributed by atoms with Crippen LogP contribution < -0.4 is 11.3 Å². The fourth-order valence-corrected chi connectivity index (χ4v) is 2.27. The van der Waals surface area contributed by atoms with Gasteiger partial charge in [0.2, 0.25) is 5.95 Å². The highest BCUT2D eigenvalue weighted by Gasteiger charge is 2.43. The van der Waals surface area contributed by atoms with Gasteiger partial charge in [0.1, 0.15) is 0 Å². The molecule has 1 fully saturated rings. The summed E-state index contributed by atoms with van der Waals surface area (Å²) in [5.41, 5.74) is 4.89. The minimum Gasteiger partial charge on any atom is -0.394 e. The second-order valence-electron chi connectivity index (χ2n) is 4.66. The molecule has 3 rings (SSSR count). The molecule has 0 radical (unpaired) electrons. The molecule has 4 atom stereocenters. The molecule has 0 aliphatic carbocycles. The first-order valence-corrected chi connectivity index (χ1v) is 5.94. The number of nitrogens with zero attached hydrogens (tertiary/aromatic N) is 3. The molecule has 0 aromatic carbocycles.